The molecule has 5 nitrogen and oxygen atoms in total. The Labute approximate surface area is 136 Å². The lowest BCUT2D eigenvalue weighted by molar-refractivity contribution is 0.638. The highest BCUT2D eigenvalue weighted by Crippen LogP contribution is 2.16. The first kappa shape index (κ1) is 16.5. The molecule has 1 atom stereocenters. The van der Waals surface area contributed by atoms with Crippen molar-refractivity contribution >= 4 is 17.3 Å². The van der Waals surface area contributed by atoms with Crippen LogP contribution in [0.2, 0.25) is 0 Å². The largest absolute Gasteiger partial charge is 0.357 e. The van der Waals surface area contributed by atoms with Crippen molar-refractivity contribution in [2.45, 2.75) is 39.8 Å². The first-order valence-electron chi connectivity index (χ1n) is 7.73. The maximum atomic E-state index is 4.62. The topological polar surface area (TPSA) is 54.2 Å². The van der Waals surface area contributed by atoms with Gasteiger partial charge < -0.3 is 15.2 Å². The Kier molecular flexibility index (Phi) is 6.45. The van der Waals surface area contributed by atoms with E-state index in [1.165, 1.54) is 9.75 Å². The Hall–Kier alpha value is -1.82. The number of nitrogens with one attached hydrogen (secondary N) is 2. The van der Waals surface area contributed by atoms with Crippen molar-refractivity contribution in [3.8, 4) is 0 Å². The molecule has 1 unspecified atom stereocenters. The molecule has 0 fully saturated rings. The van der Waals surface area contributed by atoms with Crippen LogP contribution in [-0.4, -0.2) is 34.6 Å². The van der Waals surface area contributed by atoms with E-state index in [9.17, 15) is 0 Å². The summed E-state index contributed by atoms with van der Waals surface area (Å²) in [4.78, 5) is 11.4. The number of hydrogen-bond donors (Lipinski definition) is 2. The van der Waals surface area contributed by atoms with E-state index in [1.54, 1.807) is 6.20 Å². The minimum Gasteiger partial charge on any atom is -0.357 e. The molecule has 0 saturated heterocycles. The predicted molar refractivity (Wildman–Crippen MR) is 93.6 cm³/mol. The van der Waals surface area contributed by atoms with Crippen molar-refractivity contribution in [1.82, 2.24) is 20.2 Å². The smallest absolute Gasteiger partial charge is 0.191 e. The van der Waals surface area contributed by atoms with E-state index in [2.05, 4.69) is 53.5 Å². The molecule has 0 spiro atoms. The first-order chi connectivity index (χ1) is 10.7. The molecule has 0 aliphatic carbocycles. The third kappa shape index (κ3) is 5.52. The fourth-order valence-electron chi connectivity index (χ4n) is 2.20. The summed E-state index contributed by atoms with van der Waals surface area (Å²) >= 11 is 1.86. The van der Waals surface area contributed by atoms with E-state index in [-0.39, 0.29) is 0 Å². The van der Waals surface area contributed by atoms with Crippen LogP contribution >= 0.6 is 11.3 Å². The van der Waals surface area contributed by atoms with Crippen molar-refractivity contribution in [2.75, 3.05) is 13.1 Å². The summed E-state index contributed by atoms with van der Waals surface area (Å²) in [6, 6.07) is 4.74. The van der Waals surface area contributed by atoms with Gasteiger partial charge in [-0.3, -0.25) is 4.99 Å². The molecule has 0 amide bonds. The average Bonchev–Trinajstić information content (AvgIpc) is 3.11. The van der Waals surface area contributed by atoms with Gasteiger partial charge in [-0.25, -0.2) is 4.98 Å². The van der Waals surface area contributed by atoms with Crippen LogP contribution in [0.1, 0.15) is 23.6 Å². The molecule has 0 aromatic carbocycles. The predicted octanol–water partition coefficient (Wildman–Crippen LogP) is 2.44. The second kappa shape index (κ2) is 8.58. The molecule has 2 aromatic heterocycles. The standard InChI is InChI=1S/C16H25N5S/c1-4-18-16(19-8-10-21-9-7-17-12-21)20-13(2)11-15-6-5-14(3)22-15/h5-7,9,12-13H,4,8,10-11H2,1-3H3,(H2,18,19,20). The van der Waals surface area contributed by atoms with Gasteiger partial charge >= 0.3 is 0 Å². The number of aryl methyl sites for hydroxylation is 1. The second-order valence-electron chi connectivity index (χ2n) is 5.32. The summed E-state index contributed by atoms with van der Waals surface area (Å²) in [7, 11) is 0. The van der Waals surface area contributed by atoms with Gasteiger partial charge in [0.05, 0.1) is 12.9 Å². The van der Waals surface area contributed by atoms with Crippen LogP contribution in [0.3, 0.4) is 0 Å². The monoisotopic (exact) mass is 319 g/mol. The fraction of sp³-hybridized carbons (Fsp3) is 0.500. The Morgan fingerprint density at radius 2 is 2.32 bits per heavy atom. The maximum Gasteiger partial charge on any atom is 0.191 e. The van der Waals surface area contributed by atoms with Crippen molar-refractivity contribution in [1.29, 1.82) is 0 Å². The molecule has 0 aliphatic heterocycles. The molecule has 2 aromatic rings. The molecule has 0 bridgehead atoms. The average molecular weight is 319 g/mol. The van der Waals surface area contributed by atoms with E-state index < -0.39 is 0 Å². The molecule has 6 heteroatoms. The second-order valence-corrected chi connectivity index (χ2v) is 6.70. The quantitative estimate of drug-likeness (QED) is 0.609. The molecule has 0 aliphatic rings. The lowest BCUT2D eigenvalue weighted by Gasteiger charge is -2.17. The van der Waals surface area contributed by atoms with Gasteiger partial charge in [0.2, 0.25) is 0 Å². The van der Waals surface area contributed by atoms with Crippen LogP contribution in [0.25, 0.3) is 0 Å². The summed E-state index contributed by atoms with van der Waals surface area (Å²) in [6.45, 7) is 8.86. The lowest BCUT2D eigenvalue weighted by Crippen LogP contribution is -2.43. The van der Waals surface area contributed by atoms with Crippen molar-refractivity contribution < 1.29 is 0 Å². The Bertz CT molecular complexity index is 573. The number of imidazole rings is 1. The zero-order chi connectivity index (χ0) is 15.8. The molecule has 2 N–H and O–H groups in total. The lowest BCUT2D eigenvalue weighted by atomic mass is 10.2. The fourth-order valence-corrected chi connectivity index (χ4v) is 3.22. The number of hydrogen-bond acceptors (Lipinski definition) is 3. The first-order valence-corrected chi connectivity index (χ1v) is 8.55. The third-order valence-corrected chi connectivity index (χ3v) is 4.24. The van der Waals surface area contributed by atoms with E-state index in [0.29, 0.717) is 6.04 Å². The highest BCUT2D eigenvalue weighted by molar-refractivity contribution is 7.11. The van der Waals surface area contributed by atoms with Gasteiger partial charge in [0.25, 0.3) is 0 Å². The van der Waals surface area contributed by atoms with Gasteiger partial charge in [-0.1, -0.05) is 0 Å². The zero-order valence-electron chi connectivity index (χ0n) is 13.5. The van der Waals surface area contributed by atoms with E-state index >= 15 is 0 Å². The number of thiophene rings is 1. The number of aliphatic imine (C=N–C) groups is 1. The molecule has 0 saturated carbocycles. The molecule has 120 valence electrons. The van der Waals surface area contributed by atoms with E-state index in [0.717, 1.165) is 32.0 Å². The van der Waals surface area contributed by atoms with Crippen LogP contribution < -0.4 is 10.6 Å². The number of rotatable bonds is 7. The molecular weight excluding hydrogens is 294 g/mol. The van der Waals surface area contributed by atoms with Crippen molar-refractivity contribution in [3.63, 3.8) is 0 Å². The summed E-state index contributed by atoms with van der Waals surface area (Å²) in [6.07, 6.45) is 6.58. The summed E-state index contributed by atoms with van der Waals surface area (Å²) in [5.41, 5.74) is 0. The van der Waals surface area contributed by atoms with Gasteiger partial charge in [0.1, 0.15) is 0 Å². The minimum absolute atomic E-state index is 0.351. The Morgan fingerprint density at radius 1 is 1.45 bits per heavy atom. The number of aromatic nitrogens is 2. The van der Waals surface area contributed by atoms with Gasteiger partial charge in [-0.2, -0.15) is 0 Å². The Morgan fingerprint density at radius 3 is 2.95 bits per heavy atom. The highest BCUT2D eigenvalue weighted by atomic mass is 32.1. The summed E-state index contributed by atoms with van der Waals surface area (Å²) in [5, 5.41) is 6.78. The third-order valence-electron chi connectivity index (χ3n) is 3.22. The molecular formula is C16H25N5S. The normalized spacial score (nSPS) is 13.1. The molecule has 0 radical (unpaired) electrons. The number of nitrogens with zero attached hydrogens (tertiary/aromatic N) is 3. The summed E-state index contributed by atoms with van der Waals surface area (Å²) < 4.78 is 2.03. The maximum absolute atomic E-state index is 4.62. The molecule has 2 rings (SSSR count). The molecule has 2 heterocycles. The number of guanidine groups is 1. The van der Waals surface area contributed by atoms with Crippen LogP contribution in [-0.2, 0) is 13.0 Å². The Balaban J connectivity index is 1.83. The van der Waals surface area contributed by atoms with E-state index in [1.807, 2.05) is 28.4 Å². The van der Waals surface area contributed by atoms with Crippen LogP contribution in [0, 0.1) is 6.92 Å². The molecule has 22 heavy (non-hydrogen) atoms. The van der Waals surface area contributed by atoms with E-state index in [4.69, 9.17) is 0 Å². The SMILES string of the molecule is CCNC(=NCCn1ccnc1)NC(C)Cc1ccc(C)s1. The van der Waals surface area contributed by atoms with Crippen LogP contribution in [0.4, 0.5) is 0 Å². The summed E-state index contributed by atoms with van der Waals surface area (Å²) in [5.74, 6) is 0.878. The van der Waals surface area contributed by atoms with Crippen molar-refractivity contribution in [3.05, 3.63) is 40.6 Å². The zero-order valence-corrected chi connectivity index (χ0v) is 14.4. The van der Waals surface area contributed by atoms with Gasteiger partial charge in [-0.05, 0) is 32.9 Å². The minimum atomic E-state index is 0.351. The van der Waals surface area contributed by atoms with Gasteiger partial charge in [0.15, 0.2) is 5.96 Å². The van der Waals surface area contributed by atoms with Gasteiger partial charge in [0, 0.05) is 47.7 Å². The van der Waals surface area contributed by atoms with Gasteiger partial charge in [-0.15, -0.1) is 11.3 Å². The van der Waals surface area contributed by atoms with Crippen molar-refractivity contribution in [2.24, 2.45) is 4.99 Å². The highest BCUT2D eigenvalue weighted by Gasteiger charge is 2.07. The van der Waals surface area contributed by atoms with Crippen LogP contribution in [0.5, 0.6) is 0 Å². The van der Waals surface area contributed by atoms with Crippen LogP contribution in [0.15, 0.2) is 35.8 Å².